The summed E-state index contributed by atoms with van der Waals surface area (Å²) in [4.78, 5) is 22.0. The van der Waals surface area contributed by atoms with Crippen molar-refractivity contribution in [2.75, 3.05) is 12.4 Å². The molecule has 0 spiro atoms. The number of nitrogens with zero attached hydrogens (tertiary/aromatic N) is 2. The number of hydrogen-bond acceptors (Lipinski definition) is 5. The minimum Gasteiger partial charge on any atom is -0.493 e. The lowest BCUT2D eigenvalue weighted by Crippen LogP contribution is -2.22. The first kappa shape index (κ1) is 19.4. The average Bonchev–Trinajstić information content (AvgIpc) is 2.74. The number of aromatic nitrogens is 1. The maximum atomic E-state index is 13.1. The Morgan fingerprint density at radius 2 is 1.80 bits per heavy atom. The van der Waals surface area contributed by atoms with Crippen molar-refractivity contribution < 1.29 is 13.9 Å². The van der Waals surface area contributed by atoms with E-state index >= 15 is 0 Å². The molecule has 0 saturated carbocycles. The van der Waals surface area contributed by atoms with Crippen molar-refractivity contribution in [3.63, 3.8) is 0 Å². The lowest BCUT2D eigenvalue weighted by atomic mass is 10.1. The predicted molar refractivity (Wildman–Crippen MR) is 116 cm³/mol. The van der Waals surface area contributed by atoms with E-state index in [4.69, 9.17) is 9.15 Å². The fourth-order valence-electron chi connectivity index (χ4n) is 3.06. The van der Waals surface area contributed by atoms with Gasteiger partial charge in [0.15, 0.2) is 11.3 Å². The molecule has 0 bridgehead atoms. The van der Waals surface area contributed by atoms with Gasteiger partial charge in [-0.05, 0) is 50.2 Å². The highest BCUT2D eigenvalue weighted by Gasteiger charge is 2.15. The van der Waals surface area contributed by atoms with Crippen molar-refractivity contribution in [2.24, 2.45) is 4.99 Å². The van der Waals surface area contributed by atoms with Gasteiger partial charge in [0.25, 0.3) is 5.91 Å². The van der Waals surface area contributed by atoms with Crippen molar-refractivity contribution in [1.82, 2.24) is 4.98 Å². The lowest BCUT2D eigenvalue weighted by Gasteiger charge is -2.09. The van der Waals surface area contributed by atoms with E-state index < -0.39 is 0 Å². The van der Waals surface area contributed by atoms with Gasteiger partial charge in [-0.3, -0.25) is 4.79 Å². The molecular weight excluding hydrogens is 378 g/mol. The van der Waals surface area contributed by atoms with Crippen molar-refractivity contribution >= 4 is 28.4 Å². The van der Waals surface area contributed by atoms with E-state index in [0.29, 0.717) is 28.4 Å². The minimum absolute atomic E-state index is 0.195. The molecule has 2 heterocycles. The molecule has 6 nitrogen and oxygen atoms in total. The summed E-state index contributed by atoms with van der Waals surface area (Å²) in [5.41, 5.74) is 3.64. The average molecular weight is 399 g/mol. The van der Waals surface area contributed by atoms with Crippen LogP contribution in [0.3, 0.4) is 0 Å². The number of pyridine rings is 1. The highest BCUT2D eigenvalue weighted by Crippen LogP contribution is 2.25. The van der Waals surface area contributed by atoms with Crippen LogP contribution in [0.2, 0.25) is 0 Å². The zero-order valence-electron chi connectivity index (χ0n) is 17.0. The SMILES string of the molecule is COc1cccc2cc(C(=O)Nc3cccc(C)n3)c(=Nc3ccc(C)cc3)oc12. The molecule has 0 aliphatic carbocycles. The molecule has 6 heteroatoms. The van der Waals surface area contributed by atoms with Gasteiger partial charge in [-0.15, -0.1) is 0 Å². The van der Waals surface area contributed by atoms with Crippen molar-refractivity contribution in [3.05, 3.63) is 89.1 Å². The minimum atomic E-state index is -0.354. The maximum absolute atomic E-state index is 13.1. The Balaban J connectivity index is 1.87. The molecule has 0 fully saturated rings. The fraction of sp³-hybridized carbons (Fsp3) is 0.125. The zero-order chi connectivity index (χ0) is 21.1. The Hall–Kier alpha value is -3.93. The van der Waals surface area contributed by atoms with Crippen LogP contribution >= 0.6 is 0 Å². The number of methoxy groups -OCH3 is 1. The number of carbonyl (C=O) groups excluding carboxylic acids is 1. The van der Waals surface area contributed by atoms with Gasteiger partial charge in [-0.25, -0.2) is 9.98 Å². The first-order valence-corrected chi connectivity index (χ1v) is 9.51. The van der Waals surface area contributed by atoms with Crippen LogP contribution in [0, 0.1) is 13.8 Å². The third kappa shape index (κ3) is 4.07. The maximum Gasteiger partial charge on any atom is 0.262 e. The van der Waals surface area contributed by atoms with E-state index in [2.05, 4.69) is 15.3 Å². The second-order valence-corrected chi connectivity index (χ2v) is 6.91. The number of aryl methyl sites for hydroxylation is 2. The number of carbonyl (C=O) groups is 1. The molecule has 4 rings (SSSR count). The number of rotatable bonds is 4. The van der Waals surface area contributed by atoms with E-state index in [1.807, 2.05) is 62.4 Å². The van der Waals surface area contributed by atoms with Crippen LogP contribution < -0.4 is 15.6 Å². The van der Waals surface area contributed by atoms with Crippen molar-refractivity contribution in [2.45, 2.75) is 13.8 Å². The number of anilines is 1. The lowest BCUT2D eigenvalue weighted by molar-refractivity contribution is 0.102. The van der Waals surface area contributed by atoms with E-state index in [1.165, 1.54) is 0 Å². The molecule has 30 heavy (non-hydrogen) atoms. The van der Waals surface area contributed by atoms with Crippen molar-refractivity contribution in [3.8, 4) is 5.75 Å². The van der Waals surface area contributed by atoms with Gasteiger partial charge in [0.1, 0.15) is 11.4 Å². The molecule has 0 unspecified atom stereocenters. The summed E-state index contributed by atoms with van der Waals surface area (Å²) in [6.45, 7) is 3.87. The number of amides is 1. The Morgan fingerprint density at radius 1 is 1.03 bits per heavy atom. The summed E-state index contributed by atoms with van der Waals surface area (Å²) in [7, 11) is 1.57. The molecule has 2 aromatic heterocycles. The Kier molecular flexibility index (Phi) is 5.30. The smallest absolute Gasteiger partial charge is 0.262 e. The number of nitrogens with one attached hydrogen (secondary N) is 1. The van der Waals surface area contributed by atoms with Crippen molar-refractivity contribution in [1.29, 1.82) is 0 Å². The summed E-state index contributed by atoms with van der Waals surface area (Å²) < 4.78 is 11.5. The van der Waals surface area contributed by atoms with Crippen LogP contribution in [-0.2, 0) is 0 Å². The molecule has 0 aliphatic rings. The standard InChI is InChI=1S/C24H21N3O3/c1-15-10-12-18(13-11-15)26-24-19(23(28)27-21-9-4-6-16(2)25-21)14-17-7-5-8-20(29-3)22(17)30-24/h4-14H,1-3H3,(H,25,27,28). The third-order valence-electron chi connectivity index (χ3n) is 4.60. The van der Waals surface area contributed by atoms with Gasteiger partial charge < -0.3 is 14.5 Å². The van der Waals surface area contributed by atoms with Crippen LogP contribution in [0.4, 0.5) is 11.5 Å². The number of hydrogen-bond donors (Lipinski definition) is 1. The predicted octanol–water partition coefficient (Wildman–Crippen LogP) is 4.94. The number of fused-ring (bicyclic) bond motifs is 1. The second kappa shape index (κ2) is 8.21. The molecule has 0 atom stereocenters. The largest absolute Gasteiger partial charge is 0.493 e. The Morgan fingerprint density at radius 3 is 2.53 bits per heavy atom. The number of benzene rings is 2. The second-order valence-electron chi connectivity index (χ2n) is 6.91. The van der Waals surface area contributed by atoms with Gasteiger partial charge in [-0.1, -0.05) is 35.9 Å². The zero-order valence-corrected chi connectivity index (χ0v) is 17.0. The molecule has 4 aromatic rings. The molecule has 1 amide bonds. The Bertz CT molecular complexity index is 1290. The molecule has 2 aromatic carbocycles. The van der Waals surface area contributed by atoms with Crippen LogP contribution in [0.15, 0.2) is 76.1 Å². The van der Waals surface area contributed by atoms with Gasteiger partial charge >= 0.3 is 0 Å². The normalized spacial score (nSPS) is 11.5. The van der Waals surface area contributed by atoms with Gasteiger partial charge in [0.2, 0.25) is 5.55 Å². The molecule has 0 aliphatic heterocycles. The van der Waals surface area contributed by atoms with Crippen LogP contribution in [-0.4, -0.2) is 18.0 Å². The molecular formula is C24H21N3O3. The van der Waals surface area contributed by atoms with E-state index in [9.17, 15) is 4.79 Å². The monoisotopic (exact) mass is 399 g/mol. The highest BCUT2D eigenvalue weighted by molar-refractivity contribution is 6.05. The van der Waals surface area contributed by atoms with Crippen LogP contribution in [0.5, 0.6) is 5.75 Å². The van der Waals surface area contributed by atoms with Crippen LogP contribution in [0.1, 0.15) is 21.6 Å². The van der Waals surface area contributed by atoms with E-state index in [0.717, 1.165) is 16.6 Å². The first-order valence-electron chi connectivity index (χ1n) is 9.51. The van der Waals surface area contributed by atoms with E-state index in [-0.39, 0.29) is 11.5 Å². The molecule has 0 saturated heterocycles. The summed E-state index contributed by atoms with van der Waals surface area (Å²) in [5, 5.41) is 3.56. The Labute approximate surface area is 173 Å². The number of ether oxygens (including phenoxy) is 1. The van der Waals surface area contributed by atoms with E-state index in [1.54, 1.807) is 25.3 Å². The van der Waals surface area contributed by atoms with Crippen LogP contribution in [0.25, 0.3) is 11.0 Å². The topological polar surface area (TPSA) is 76.7 Å². The third-order valence-corrected chi connectivity index (χ3v) is 4.60. The van der Waals surface area contributed by atoms with Gasteiger partial charge in [-0.2, -0.15) is 0 Å². The first-order chi connectivity index (χ1) is 14.5. The summed E-state index contributed by atoms with van der Waals surface area (Å²) in [6, 6.07) is 20.4. The van der Waals surface area contributed by atoms with Gasteiger partial charge in [0.05, 0.1) is 12.8 Å². The number of para-hydroxylation sites is 1. The quantitative estimate of drug-likeness (QED) is 0.527. The molecule has 150 valence electrons. The summed E-state index contributed by atoms with van der Waals surface area (Å²) in [5.74, 6) is 0.680. The summed E-state index contributed by atoms with van der Waals surface area (Å²) >= 11 is 0. The molecule has 1 N–H and O–H groups in total. The molecule has 0 radical (unpaired) electrons. The highest BCUT2D eigenvalue weighted by atomic mass is 16.5. The fourth-order valence-corrected chi connectivity index (χ4v) is 3.06. The summed E-state index contributed by atoms with van der Waals surface area (Å²) in [6.07, 6.45) is 0. The van der Waals surface area contributed by atoms with Gasteiger partial charge in [0, 0.05) is 11.1 Å².